The summed E-state index contributed by atoms with van der Waals surface area (Å²) in [4.78, 5) is 0. The van der Waals surface area contributed by atoms with Gasteiger partial charge >= 0.3 is 0 Å². The number of rotatable bonds is 1. The average Bonchev–Trinajstić information content (AvgIpc) is 1.41. The number of halogens is 1. The fraction of sp³-hybridized carbons (Fsp3) is 0.250. The van der Waals surface area contributed by atoms with E-state index in [9.17, 15) is 0 Å². The summed E-state index contributed by atoms with van der Waals surface area (Å²) in [6.45, 7) is 1.92. The second-order valence-corrected chi connectivity index (χ2v) is 0.904. The first-order chi connectivity index (χ1) is 2.41. The Hall–Kier alpha value is 0.0300. The zero-order chi connectivity index (χ0) is 4.12. The minimum absolute atomic E-state index is 1.47. The van der Waals surface area contributed by atoms with Gasteiger partial charge in [0.25, 0.3) is 0 Å². The SMILES string of the molecule is C/C=C/[CH]Cl. The highest BCUT2D eigenvalue weighted by molar-refractivity contribution is 6.24. The van der Waals surface area contributed by atoms with Gasteiger partial charge in [0.05, 0.1) is 5.88 Å². The quantitative estimate of drug-likeness (QED) is 0.461. The first-order valence-corrected chi connectivity index (χ1v) is 1.90. The maximum atomic E-state index is 5.09. The van der Waals surface area contributed by atoms with E-state index in [-0.39, 0.29) is 0 Å². The molecular formula is C4H6Cl. The third kappa shape index (κ3) is 4.03. The summed E-state index contributed by atoms with van der Waals surface area (Å²) >= 11 is 5.09. The largest absolute Gasteiger partial charge is 0.117 e. The van der Waals surface area contributed by atoms with Crippen molar-refractivity contribution in [2.45, 2.75) is 6.92 Å². The highest BCUT2D eigenvalue weighted by Gasteiger charge is 1.56. The van der Waals surface area contributed by atoms with Crippen molar-refractivity contribution in [3.63, 3.8) is 0 Å². The monoisotopic (exact) mass is 89.0 g/mol. The Balaban J connectivity index is 2.62. The molecule has 1 heteroatoms. The molecule has 0 fully saturated rings. The Morgan fingerprint density at radius 2 is 2.20 bits per heavy atom. The summed E-state index contributed by atoms with van der Waals surface area (Å²) in [6, 6.07) is 0. The van der Waals surface area contributed by atoms with Crippen LogP contribution in [0, 0.1) is 5.88 Å². The minimum atomic E-state index is 1.47. The van der Waals surface area contributed by atoms with Crippen molar-refractivity contribution in [2.75, 3.05) is 0 Å². The standard InChI is InChI=1S/C4H6Cl/c1-2-3-4-5/h2-4H,1H3/b3-2+. The molecule has 0 N–H and O–H groups in total. The van der Waals surface area contributed by atoms with Crippen LogP contribution in [0.25, 0.3) is 0 Å². The molecule has 0 atom stereocenters. The Morgan fingerprint density at radius 1 is 1.60 bits per heavy atom. The molecule has 0 unspecified atom stereocenters. The maximum absolute atomic E-state index is 5.09. The Bertz CT molecular complexity index is 30.6. The normalized spacial score (nSPS) is 10.0. The molecule has 0 aliphatic carbocycles. The van der Waals surface area contributed by atoms with E-state index < -0.39 is 0 Å². The number of hydrogen-bond donors (Lipinski definition) is 0. The van der Waals surface area contributed by atoms with Gasteiger partial charge in [-0.25, -0.2) is 0 Å². The summed E-state index contributed by atoms with van der Waals surface area (Å²) in [5.74, 6) is 1.47. The molecule has 0 heterocycles. The van der Waals surface area contributed by atoms with Crippen LogP contribution in [0.2, 0.25) is 0 Å². The third-order valence-corrected chi connectivity index (χ3v) is 0.411. The summed E-state index contributed by atoms with van der Waals surface area (Å²) in [7, 11) is 0. The van der Waals surface area contributed by atoms with E-state index in [1.165, 1.54) is 5.88 Å². The van der Waals surface area contributed by atoms with E-state index in [1.807, 2.05) is 13.0 Å². The lowest BCUT2D eigenvalue weighted by atomic mass is 10.6. The molecule has 0 spiro atoms. The molecule has 0 amide bonds. The molecule has 29 valence electrons. The van der Waals surface area contributed by atoms with E-state index >= 15 is 0 Å². The third-order valence-electron chi connectivity index (χ3n) is 0.265. The predicted molar refractivity (Wildman–Crippen MR) is 25.0 cm³/mol. The highest BCUT2D eigenvalue weighted by Crippen LogP contribution is 1.82. The van der Waals surface area contributed by atoms with Gasteiger partial charge in [-0.05, 0) is 6.92 Å². The van der Waals surface area contributed by atoms with Crippen LogP contribution >= 0.6 is 11.6 Å². The molecule has 0 rings (SSSR count). The summed E-state index contributed by atoms with van der Waals surface area (Å²) in [5.41, 5.74) is 0. The Kier molecular flexibility index (Phi) is 4.05. The van der Waals surface area contributed by atoms with Crippen LogP contribution in [0.15, 0.2) is 12.2 Å². The summed E-state index contributed by atoms with van der Waals surface area (Å²) < 4.78 is 0. The lowest BCUT2D eigenvalue weighted by molar-refractivity contribution is 1.73. The van der Waals surface area contributed by atoms with Gasteiger partial charge in [-0.15, -0.1) is 11.6 Å². The van der Waals surface area contributed by atoms with Gasteiger partial charge in [0, 0.05) is 0 Å². The van der Waals surface area contributed by atoms with Crippen LogP contribution in [0.1, 0.15) is 6.92 Å². The lowest BCUT2D eigenvalue weighted by Gasteiger charge is -1.61. The molecule has 1 radical (unpaired) electrons. The van der Waals surface area contributed by atoms with E-state index in [1.54, 1.807) is 6.08 Å². The Morgan fingerprint density at radius 3 is 2.20 bits per heavy atom. The van der Waals surface area contributed by atoms with E-state index in [4.69, 9.17) is 11.6 Å². The van der Waals surface area contributed by atoms with Crippen LogP contribution in [0.3, 0.4) is 0 Å². The molecule has 0 aromatic carbocycles. The molecular weight excluding hydrogens is 83.5 g/mol. The van der Waals surface area contributed by atoms with Crippen molar-refractivity contribution in [3.8, 4) is 0 Å². The van der Waals surface area contributed by atoms with Crippen molar-refractivity contribution in [2.24, 2.45) is 0 Å². The minimum Gasteiger partial charge on any atom is -0.117 e. The van der Waals surface area contributed by atoms with Crippen molar-refractivity contribution in [1.29, 1.82) is 0 Å². The van der Waals surface area contributed by atoms with Gasteiger partial charge in [0.1, 0.15) is 0 Å². The van der Waals surface area contributed by atoms with Crippen LogP contribution < -0.4 is 0 Å². The van der Waals surface area contributed by atoms with Crippen molar-refractivity contribution >= 4 is 11.6 Å². The first kappa shape index (κ1) is 5.03. The fourth-order valence-corrected chi connectivity index (χ4v) is 0.218. The van der Waals surface area contributed by atoms with E-state index in [0.717, 1.165) is 0 Å². The van der Waals surface area contributed by atoms with Gasteiger partial charge in [0.15, 0.2) is 0 Å². The number of hydrogen-bond acceptors (Lipinski definition) is 0. The first-order valence-electron chi connectivity index (χ1n) is 1.46. The fourth-order valence-electron chi connectivity index (χ4n) is 0.0727. The maximum Gasteiger partial charge on any atom is 0.0715 e. The van der Waals surface area contributed by atoms with Gasteiger partial charge in [-0.3, -0.25) is 0 Å². The average molecular weight is 89.5 g/mol. The second-order valence-electron chi connectivity index (χ2n) is 0.652. The zero-order valence-corrected chi connectivity index (χ0v) is 3.87. The van der Waals surface area contributed by atoms with E-state index in [2.05, 4.69) is 0 Å². The van der Waals surface area contributed by atoms with Crippen LogP contribution in [0.5, 0.6) is 0 Å². The lowest BCUT2D eigenvalue weighted by Crippen LogP contribution is -1.40. The molecule has 0 bridgehead atoms. The number of allylic oxidation sites excluding steroid dienone is 2. The molecule has 0 aliphatic rings. The highest BCUT2D eigenvalue weighted by atomic mass is 35.5. The molecule has 0 aromatic rings. The summed E-state index contributed by atoms with van der Waals surface area (Å²) in [5, 5.41) is 0. The van der Waals surface area contributed by atoms with Crippen LogP contribution in [0.4, 0.5) is 0 Å². The molecule has 5 heavy (non-hydrogen) atoms. The molecule has 0 saturated carbocycles. The van der Waals surface area contributed by atoms with Crippen LogP contribution in [-0.4, -0.2) is 0 Å². The predicted octanol–water partition coefficient (Wildman–Crippen LogP) is 1.96. The van der Waals surface area contributed by atoms with Crippen LogP contribution in [-0.2, 0) is 0 Å². The zero-order valence-electron chi connectivity index (χ0n) is 3.11. The Labute approximate surface area is 37.4 Å². The van der Waals surface area contributed by atoms with Crippen molar-refractivity contribution in [3.05, 3.63) is 18.0 Å². The van der Waals surface area contributed by atoms with Crippen molar-refractivity contribution < 1.29 is 0 Å². The van der Waals surface area contributed by atoms with Gasteiger partial charge in [-0.2, -0.15) is 0 Å². The van der Waals surface area contributed by atoms with Gasteiger partial charge < -0.3 is 0 Å². The van der Waals surface area contributed by atoms with Crippen molar-refractivity contribution in [1.82, 2.24) is 0 Å². The topological polar surface area (TPSA) is 0 Å². The van der Waals surface area contributed by atoms with E-state index in [0.29, 0.717) is 0 Å². The molecule has 0 aliphatic heterocycles. The second kappa shape index (κ2) is 4.03. The molecule has 0 saturated heterocycles. The summed E-state index contributed by atoms with van der Waals surface area (Å²) in [6.07, 6.45) is 3.63. The van der Waals surface area contributed by atoms with Gasteiger partial charge in [0.2, 0.25) is 0 Å². The molecule has 0 aromatic heterocycles. The van der Waals surface area contributed by atoms with Gasteiger partial charge in [-0.1, -0.05) is 12.2 Å². The molecule has 0 nitrogen and oxygen atoms in total. The smallest absolute Gasteiger partial charge is 0.0715 e.